The highest BCUT2D eigenvalue weighted by molar-refractivity contribution is 7.92. The second-order valence-electron chi connectivity index (χ2n) is 5.82. The summed E-state index contributed by atoms with van der Waals surface area (Å²) < 4.78 is 41.5. The van der Waals surface area contributed by atoms with E-state index in [4.69, 9.17) is 11.6 Å². The quantitative estimate of drug-likeness (QED) is 0.583. The highest BCUT2D eigenvalue weighted by Gasteiger charge is 2.30. The van der Waals surface area contributed by atoms with Gasteiger partial charge < -0.3 is 0 Å². The van der Waals surface area contributed by atoms with E-state index < -0.39 is 21.9 Å². The zero-order valence-corrected chi connectivity index (χ0v) is 15.6. The molecule has 3 aromatic carbocycles. The summed E-state index contributed by atoms with van der Waals surface area (Å²) in [5, 5.41) is 0.570. The molecule has 0 saturated heterocycles. The van der Waals surface area contributed by atoms with Gasteiger partial charge in [-0.05, 0) is 55.0 Å². The molecule has 0 aliphatic rings. The summed E-state index contributed by atoms with van der Waals surface area (Å²) in [6.45, 7) is 1.78. The number of nitrogens with zero attached hydrogens (tertiary/aromatic N) is 1. The predicted molar refractivity (Wildman–Crippen MR) is 102 cm³/mol. The molecule has 3 rings (SSSR count). The Labute approximate surface area is 157 Å². The van der Waals surface area contributed by atoms with Crippen molar-refractivity contribution < 1.29 is 12.8 Å². The Balaban J connectivity index is 2.14. The topological polar surface area (TPSA) is 37.4 Å². The van der Waals surface area contributed by atoms with E-state index in [-0.39, 0.29) is 4.90 Å². The van der Waals surface area contributed by atoms with Gasteiger partial charge in [0.1, 0.15) is 5.82 Å². The van der Waals surface area contributed by atoms with Crippen molar-refractivity contribution in [1.82, 2.24) is 0 Å². The summed E-state index contributed by atoms with van der Waals surface area (Å²) in [5.74, 6) is -0.599. The van der Waals surface area contributed by atoms with Crippen molar-refractivity contribution in [1.29, 1.82) is 0 Å². The van der Waals surface area contributed by atoms with Crippen LogP contribution in [-0.4, -0.2) is 8.42 Å². The van der Waals surface area contributed by atoms with Crippen LogP contribution in [0.4, 0.5) is 10.1 Å². The van der Waals surface area contributed by atoms with Gasteiger partial charge in [0.2, 0.25) is 0 Å². The van der Waals surface area contributed by atoms with Crippen LogP contribution < -0.4 is 4.31 Å². The zero-order valence-electron chi connectivity index (χ0n) is 14.0. The molecule has 0 N–H and O–H groups in total. The van der Waals surface area contributed by atoms with Crippen LogP contribution in [0.5, 0.6) is 0 Å². The fraction of sp³-hybridized carbons (Fsp3) is 0.100. The minimum Gasteiger partial charge on any atom is -0.259 e. The second-order valence-corrected chi connectivity index (χ2v) is 8.07. The summed E-state index contributed by atoms with van der Waals surface area (Å²) in [5.41, 5.74) is 1.28. The molecule has 0 heterocycles. The molecule has 3 aromatic rings. The average molecular weight is 390 g/mol. The maximum atomic E-state index is 13.6. The zero-order chi connectivity index (χ0) is 18.7. The van der Waals surface area contributed by atoms with Gasteiger partial charge in [-0.15, -0.1) is 0 Å². The van der Waals surface area contributed by atoms with E-state index in [0.29, 0.717) is 10.7 Å². The van der Waals surface area contributed by atoms with Crippen LogP contribution in [0.3, 0.4) is 0 Å². The van der Waals surface area contributed by atoms with Gasteiger partial charge in [-0.25, -0.2) is 12.8 Å². The first-order chi connectivity index (χ1) is 12.4. The standard InChI is InChI=1S/C20H17ClFNO2S/c1-15(16-10-12-17(21)13-11-16)23(19-7-3-2-4-8-19)26(24,25)20-9-5-6-18(22)14-20/h2-15H,1H3. The monoisotopic (exact) mass is 389 g/mol. The van der Waals surface area contributed by atoms with Crippen LogP contribution >= 0.6 is 11.6 Å². The fourth-order valence-electron chi connectivity index (χ4n) is 2.76. The molecule has 6 heteroatoms. The number of sulfonamides is 1. The Morgan fingerprint density at radius 2 is 1.58 bits per heavy atom. The first-order valence-electron chi connectivity index (χ1n) is 8.00. The molecule has 0 aliphatic heterocycles. The number of anilines is 1. The van der Waals surface area contributed by atoms with Gasteiger partial charge in [0, 0.05) is 5.02 Å². The third kappa shape index (κ3) is 3.74. The lowest BCUT2D eigenvalue weighted by Crippen LogP contribution is -2.33. The highest BCUT2D eigenvalue weighted by atomic mass is 35.5. The van der Waals surface area contributed by atoms with E-state index in [1.807, 2.05) is 6.07 Å². The summed E-state index contributed by atoms with van der Waals surface area (Å²) >= 11 is 5.94. The Hall–Kier alpha value is -2.37. The number of benzene rings is 3. The third-order valence-corrected chi connectivity index (χ3v) is 6.21. The first kappa shape index (κ1) is 18.4. The molecule has 0 saturated carbocycles. The van der Waals surface area contributed by atoms with E-state index in [1.165, 1.54) is 22.5 Å². The number of rotatable bonds is 5. The maximum absolute atomic E-state index is 13.6. The van der Waals surface area contributed by atoms with Crippen molar-refractivity contribution in [2.45, 2.75) is 17.9 Å². The maximum Gasteiger partial charge on any atom is 0.264 e. The second kappa shape index (κ2) is 7.48. The largest absolute Gasteiger partial charge is 0.264 e. The van der Waals surface area contributed by atoms with Gasteiger partial charge in [0.15, 0.2) is 0 Å². The van der Waals surface area contributed by atoms with Crippen molar-refractivity contribution >= 4 is 27.3 Å². The molecule has 3 nitrogen and oxygen atoms in total. The number of para-hydroxylation sites is 1. The van der Waals surface area contributed by atoms with Crippen LogP contribution in [0.2, 0.25) is 5.02 Å². The van der Waals surface area contributed by atoms with Crippen LogP contribution in [0.15, 0.2) is 83.8 Å². The normalized spacial score (nSPS) is 12.6. The van der Waals surface area contributed by atoms with Crippen molar-refractivity contribution in [3.8, 4) is 0 Å². The third-order valence-electron chi connectivity index (χ3n) is 4.07. The molecule has 134 valence electrons. The highest BCUT2D eigenvalue weighted by Crippen LogP contribution is 2.33. The molecule has 26 heavy (non-hydrogen) atoms. The van der Waals surface area contributed by atoms with Gasteiger partial charge in [-0.1, -0.05) is 48.0 Å². The fourth-order valence-corrected chi connectivity index (χ4v) is 4.57. The summed E-state index contributed by atoms with van der Waals surface area (Å²) in [7, 11) is -3.97. The van der Waals surface area contributed by atoms with Crippen LogP contribution in [-0.2, 0) is 10.0 Å². The van der Waals surface area contributed by atoms with Gasteiger partial charge in [-0.2, -0.15) is 0 Å². The lowest BCUT2D eigenvalue weighted by Gasteiger charge is -2.31. The smallest absolute Gasteiger partial charge is 0.259 e. The Bertz CT molecular complexity index is 992. The molecule has 0 amide bonds. The summed E-state index contributed by atoms with van der Waals surface area (Å²) in [4.78, 5) is -0.0952. The summed E-state index contributed by atoms with van der Waals surface area (Å²) in [6.07, 6.45) is 0. The lowest BCUT2D eigenvalue weighted by molar-refractivity contribution is 0.579. The average Bonchev–Trinajstić information content (AvgIpc) is 2.63. The lowest BCUT2D eigenvalue weighted by atomic mass is 10.1. The van der Waals surface area contributed by atoms with Crippen molar-refractivity contribution in [3.63, 3.8) is 0 Å². The molecule has 0 fully saturated rings. The first-order valence-corrected chi connectivity index (χ1v) is 9.82. The van der Waals surface area contributed by atoms with E-state index in [9.17, 15) is 12.8 Å². The van der Waals surface area contributed by atoms with Crippen molar-refractivity contribution in [3.05, 3.63) is 95.3 Å². The van der Waals surface area contributed by atoms with Crippen LogP contribution in [0.1, 0.15) is 18.5 Å². The van der Waals surface area contributed by atoms with E-state index in [1.54, 1.807) is 55.5 Å². The molecule has 0 aromatic heterocycles. The summed E-state index contributed by atoms with van der Waals surface area (Å²) in [6, 6.07) is 20.3. The van der Waals surface area contributed by atoms with Gasteiger partial charge in [0.05, 0.1) is 16.6 Å². The SMILES string of the molecule is CC(c1ccc(Cl)cc1)N(c1ccccc1)S(=O)(=O)c1cccc(F)c1. The minimum atomic E-state index is -3.97. The Morgan fingerprint density at radius 1 is 0.923 bits per heavy atom. The molecule has 0 bridgehead atoms. The van der Waals surface area contributed by atoms with E-state index in [0.717, 1.165) is 11.6 Å². The van der Waals surface area contributed by atoms with Crippen LogP contribution in [0.25, 0.3) is 0 Å². The molecule has 0 aliphatic carbocycles. The molecule has 0 spiro atoms. The number of hydrogen-bond donors (Lipinski definition) is 0. The van der Waals surface area contributed by atoms with Gasteiger partial charge in [0.25, 0.3) is 10.0 Å². The number of hydrogen-bond acceptors (Lipinski definition) is 2. The molecule has 0 radical (unpaired) electrons. The van der Waals surface area contributed by atoms with E-state index in [2.05, 4.69) is 0 Å². The predicted octanol–water partition coefficient (Wildman–Crippen LogP) is 5.44. The molecular weight excluding hydrogens is 373 g/mol. The van der Waals surface area contributed by atoms with Gasteiger partial charge in [-0.3, -0.25) is 4.31 Å². The number of halogens is 2. The van der Waals surface area contributed by atoms with Crippen molar-refractivity contribution in [2.24, 2.45) is 0 Å². The van der Waals surface area contributed by atoms with Crippen LogP contribution in [0, 0.1) is 5.82 Å². The Kier molecular flexibility index (Phi) is 5.30. The minimum absolute atomic E-state index is 0.0952. The van der Waals surface area contributed by atoms with E-state index >= 15 is 0 Å². The van der Waals surface area contributed by atoms with Crippen molar-refractivity contribution in [2.75, 3.05) is 4.31 Å². The van der Waals surface area contributed by atoms with Gasteiger partial charge >= 0.3 is 0 Å². The molecule has 1 atom stereocenters. The Morgan fingerprint density at radius 3 is 2.19 bits per heavy atom. The molecular formula is C20H17ClFNO2S. The molecule has 1 unspecified atom stereocenters.